The molecule has 3 aromatic rings. The second kappa shape index (κ2) is 12.2. The molecule has 1 aromatic carbocycles. The fourth-order valence-corrected chi connectivity index (χ4v) is 5.63. The standard InChI is InChI=1S/C26H33N7O4S/c1-4-26(22(34)35)8-11-33(12-9-26)23-28-15-19(16-29-23)18-13-17(7-6-10-30-37-3)21-20(14-18)31-25(38-21)32-24(36)27-5-2/h10,13-16H,4-9,11-12H2,1-3H3,(H,34,35)(H2,27,31,32,36)/b30-10-. The Morgan fingerprint density at radius 1 is 1.21 bits per heavy atom. The number of rotatable bonds is 10. The monoisotopic (exact) mass is 539 g/mol. The molecule has 1 saturated heterocycles. The lowest BCUT2D eigenvalue weighted by atomic mass is 9.76. The SMILES string of the molecule is CCNC(=O)Nc1nc2cc(-c3cnc(N4CCC(CC)(C(=O)O)CC4)nc3)cc(CC/C=N\OC)c2s1. The van der Waals surface area contributed by atoms with Crippen molar-refractivity contribution in [2.24, 2.45) is 10.6 Å². The molecule has 11 nitrogen and oxygen atoms in total. The summed E-state index contributed by atoms with van der Waals surface area (Å²) in [6.07, 6.45) is 8.48. The van der Waals surface area contributed by atoms with Gasteiger partial charge in [0.2, 0.25) is 5.95 Å². The van der Waals surface area contributed by atoms with Crippen molar-refractivity contribution in [2.75, 3.05) is 37.0 Å². The minimum Gasteiger partial charge on any atom is -0.481 e. The Hall–Kier alpha value is -3.80. The third-order valence-electron chi connectivity index (χ3n) is 6.95. The highest BCUT2D eigenvalue weighted by Crippen LogP contribution is 2.37. The van der Waals surface area contributed by atoms with Gasteiger partial charge in [0, 0.05) is 43.8 Å². The summed E-state index contributed by atoms with van der Waals surface area (Å²) in [5.41, 5.74) is 2.97. The van der Waals surface area contributed by atoms with Gasteiger partial charge in [-0.2, -0.15) is 0 Å². The average molecular weight is 540 g/mol. The fourth-order valence-electron chi connectivity index (χ4n) is 4.64. The number of nitrogens with zero attached hydrogens (tertiary/aromatic N) is 5. The van der Waals surface area contributed by atoms with Crippen LogP contribution in [0.3, 0.4) is 0 Å². The van der Waals surface area contributed by atoms with Gasteiger partial charge in [0.1, 0.15) is 7.11 Å². The third kappa shape index (κ3) is 6.01. The van der Waals surface area contributed by atoms with Gasteiger partial charge in [0.15, 0.2) is 5.13 Å². The zero-order chi connectivity index (χ0) is 27.1. The van der Waals surface area contributed by atoms with Gasteiger partial charge in [-0.05, 0) is 62.3 Å². The molecule has 202 valence electrons. The minimum atomic E-state index is -0.720. The maximum atomic E-state index is 12.0. The van der Waals surface area contributed by atoms with Gasteiger partial charge in [-0.15, -0.1) is 0 Å². The summed E-state index contributed by atoms with van der Waals surface area (Å²) >= 11 is 1.43. The van der Waals surface area contributed by atoms with Crippen LogP contribution < -0.4 is 15.5 Å². The van der Waals surface area contributed by atoms with Crippen LogP contribution >= 0.6 is 11.3 Å². The first-order valence-electron chi connectivity index (χ1n) is 12.7. The number of thiazole rings is 1. The molecule has 0 spiro atoms. The van der Waals surface area contributed by atoms with Crippen LogP contribution in [0.2, 0.25) is 0 Å². The number of oxime groups is 1. The molecule has 1 aliphatic rings. The van der Waals surface area contributed by atoms with E-state index in [-0.39, 0.29) is 6.03 Å². The molecule has 0 bridgehead atoms. The van der Waals surface area contributed by atoms with Crippen LogP contribution in [0.25, 0.3) is 21.3 Å². The number of fused-ring (bicyclic) bond motifs is 1. The number of carbonyl (C=O) groups excluding carboxylic acids is 1. The summed E-state index contributed by atoms with van der Waals surface area (Å²) in [5.74, 6) is -0.120. The zero-order valence-corrected chi connectivity index (χ0v) is 22.7. The molecule has 2 amide bonds. The van der Waals surface area contributed by atoms with Crippen LogP contribution in [0.15, 0.2) is 29.7 Å². The molecule has 12 heteroatoms. The molecule has 4 rings (SSSR count). The second-order valence-corrected chi connectivity index (χ2v) is 10.2. The maximum Gasteiger partial charge on any atom is 0.321 e. The maximum absolute atomic E-state index is 12.0. The van der Waals surface area contributed by atoms with E-state index in [0.29, 0.717) is 56.4 Å². The summed E-state index contributed by atoms with van der Waals surface area (Å²) in [5, 5.41) is 19.5. The smallest absolute Gasteiger partial charge is 0.321 e. The summed E-state index contributed by atoms with van der Waals surface area (Å²) in [4.78, 5) is 44.5. The summed E-state index contributed by atoms with van der Waals surface area (Å²) in [6, 6.07) is 3.78. The molecule has 0 unspecified atom stereocenters. The van der Waals surface area contributed by atoms with Crippen molar-refractivity contribution < 1.29 is 19.5 Å². The van der Waals surface area contributed by atoms with Crippen LogP contribution in [0.1, 0.15) is 45.1 Å². The molecule has 1 aliphatic heterocycles. The zero-order valence-electron chi connectivity index (χ0n) is 21.9. The van der Waals surface area contributed by atoms with Crippen LogP contribution in [0.4, 0.5) is 15.9 Å². The Morgan fingerprint density at radius 2 is 1.95 bits per heavy atom. The van der Waals surface area contributed by atoms with Gasteiger partial charge in [-0.3, -0.25) is 10.1 Å². The van der Waals surface area contributed by atoms with E-state index < -0.39 is 11.4 Å². The lowest BCUT2D eigenvalue weighted by Gasteiger charge is -2.38. The van der Waals surface area contributed by atoms with Gasteiger partial charge in [0.05, 0.1) is 15.6 Å². The Kier molecular flexibility index (Phi) is 8.72. The highest BCUT2D eigenvalue weighted by Gasteiger charge is 2.40. The number of nitrogens with one attached hydrogen (secondary N) is 2. The molecular formula is C26H33N7O4S. The van der Waals surface area contributed by atoms with Crippen molar-refractivity contribution in [2.45, 2.75) is 46.0 Å². The Morgan fingerprint density at radius 3 is 2.58 bits per heavy atom. The first-order chi connectivity index (χ1) is 18.4. The Labute approximate surface area is 225 Å². The molecule has 2 aromatic heterocycles. The number of aryl methyl sites for hydroxylation is 1. The quantitative estimate of drug-likeness (QED) is 0.252. The van der Waals surface area contributed by atoms with E-state index in [0.717, 1.165) is 33.3 Å². The number of aliphatic carboxylic acids is 1. The van der Waals surface area contributed by atoms with Crippen molar-refractivity contribution in [3.8, 4) is 11.1 Å². The van der Waals surface area contributed by atoms with Crippen molar-refractivity contribution in [3.05, 3.63) is 30.1 Å². The number of piperidine rings is 1. The molecule has 3 N–H and O–H groups in total. The van der Waals surface area contributed by atoms with E-state index in [9.17, 15) is 14.7 Å². The Balaban J connectivity index is 1.58. The number of benzene rings is 1. The number of amides is 2. The lowest BCUT2D eigenvalue weighted by Crippen LogP contribution is -2.44. The first-order valence-corrected chi connectivity index (χ1v) is 13.5. The molecule has 38 heavy (non-hydrogen) atoms. The largest absolute Gasteiger partial charge is 0.481 e. The Bertz CT molecular complexity index is 1300. The van der Waals surface area contributed by atoms with Crippen LogP contribution in [0, 0.1) is 5.41 Å². The molecule has 0 saturated carbocycles. The normalized spacial score (nSPS) is 15.1. The predicted octanol–water partition coefficient (Wildman–Crippen LogP) is 4.54. The van der Waals surface area contributed by atoms with Crippen molar-refractivity contribution in [1.82, 2.24) is 20.3 Å². The van der Waals surface area contributed by atoms with E-state index in [2.05, 4.69) is 36.8 Å². The fraction of sp³-hybridized carbons (Fsp3) is 0.462. The minimum absolute atomic E-state index is 0.290. The van der Waals surface area contributed by atoms with E-state index in [1.54, 1.807) is 18.6 Å². The first kappa shape index (κ1) is 27.2. The van der Waals surface area contributed by atoms with Crippen molar-refractivity contribution >= 4 is 50.8 Å². The number of aromatic nitrogens is 3. The van der Waals surface area contributed by atoms with Crippen LogP contribution in [0.5, 0.6) is 0 Å². The summed E-state index contributed by atoms with van der Waals surface area (Å²) in [6.45, 7) is 5.54. The van der Waals surface area contributed by atoms with Gasteiger partial charge in [-0.1, -0.05) is 23.4 Å². The van der Waals surface area contributed by atoms with Gasteiger partial charge >= 0.3 is 12.0 Å². The predicted molar refractivity (Wildman–Crippen MR) is 149 cm³/mol. The molecular weight excluding hydrogens is 506 g/mol. The highest BCUT2D eigenvalue weighted by atomic mass is 32.1. The van der Waals surface area contributed by atoms with Crippen LogP contribution in [-0.2, 0) is 16.1 Å². The lowest BCUT2D eigenvalue weighted by molar-refractivity contribution is -0.150. The molecule has 0 radical (unpaired) electrons. The number of carboxylic acid groups (broad SMARTS) is 1. The summed E-state index contributed by atoms with van der Waals surface area (Å²) < 4.78 is 0.995. The molecule has 1 fully saturated rings. The second-order valence-electron chi connectivity index (χ2n) is 9.19. The van der Waals surface area contributed by atoms with Gasteiger partial charge in [0.25, 0.3) is 0 Å². The van der Waals surface area contributed by atoms with Crippen molar-refractivity contribution in [3.63, 3.8) is 0 Å². The molecule has 0 aliphatic carbocycles. The number of carbonyl (C=O) groups is 2. The van der Waals surface area contributed by atoms with E-state index in [1.165, 1.54) is 18.4 Å². The van der Waals surface area contributed by atoms with E-state index in [4.69, 9.17) is 4.84 Å². The number of hydrogen-bond acceptors (Lipinski definition) is 9. The summed E-state index contributed by atoms with van der Waals surface area (Å²) in [7, 11) is 1.51. The third-order valence-corrected chi connectivity index (χ3v) is 8.02. The van der Waals surface area contributed by atoms with E-state index in [1.807, 2.05) is 24.8 Å². The molecule has 0 atom stereocenters. The van der Waals surface area contributed by atoms with Gasteiger partial charge in [-0.25, -0.2) is 19.7 Å². The highest BCUT2D eigenvalue weighted by molar-refractivity contribution is 7.22. The number of carboxylic acids is 1. The van der Waals surface area contributed by atoms with Crippen LogP contribution in [-0.4, -0.2) is 65.0 Å². The number of hydrogen-bond donors (Lipinski definition) is 3. The average Bonchev–Trinajstić information content (AvgIpc) is 3.33. The topological polar surface area (TPSA) is 142 Å². The molecule has 3 heterocycles. The van der Waals surface area contributed by atoms with E-state index >= 15 is 0 Å². The van der Waals surface area contributed by atoms with Gasteiger partial charge < -0.3 is 20.2 Å². The van der Waals surface area contributed by atoms with Crippen molar-refractivity contribution in [1.29, 1.82) is 0 Å². The number of anilines is 2. The number of urea groups is 1.